The number of nitrogens with one attached hydrogen (secondary N) is 1. The quantitative estimate of drug-likeness (QED) is 0.654. The van der Waals surface area contributed by atoms with Crippen LogP contribution in [0.5, 0.6) is 0 Å². The lowest BCUT2D eigenvalue weighted by Gasteiger charge is -2.11. The number of anilines is 1. The molecule has 2 aromatic rings. The summed E-state index contributed by atoms with van der Waals surface area (Å²) in [5, 5.41) is 2.83. The highest BCUT2D eigenvalue weighted by Gasteiger charge is 2.20. The Kier molecular flexibility index (Phi) is 5.10. The van der Waals surface area contributed by atoms with Crippen LogP contribution in [0, 0.1) is 17.7 Å². The summed E-state index contributed by atoms with van der Waals surface area (Å²) in [4.78, 5) is 16.3. The van der Waals surface area contributed by atoms with Crippen LogP contribution in [0.25, 0.3) is 0 Å². The minimum absolute atomic E-state index is 0.0295. The second-order valence-electron chi connectivity index (χ2n) is 6.35. The number of hydrogen-bond acceptors (Lipinski definition) is 2. The average Bonchev–Trinajstić information content (AvgIpc) is 2.73. The van der Waals surface area contributed by atoms with Crippen LogP contribution in [0.3, 0.4) is 0 Å². The molecule has 2 aromatic carbocycles. The summed E-state index contributed by atoms with van der Waals surface area (Å²) in [6, 6.07) is 13.0. The highest BCUT2D eigenvalue weighted by molar-refractivity contribution is 6.56. The molecule has 3 rings (SSSR count). The summed E-state index contributed by atoms with van der Waals surface area (Å²) in [6.07, 6.45) is 0. The van der Waals surface area contributed by atoms with Gasteiger partial charge in [0.15, 0.2) is 0 Å². The lowest BCUT2D eigenvalue weighted by molar-refractivity contribution is -0.114. The molecule has 0 spiro atoms. The Morgan fingerprint density at radius 3 is 2.76 bits per heavy atom. The molecular weight excluding hydrogens is 331 g/mol. The maximum atomic E-state index is 14.3. The van der Waals surface area contributed by atoms with E-state index in [0.717, 1.165) is 11.6 Å². The Morgan fingerprint density at radius 1 is 1.20 bits per heavy atom. The Hall–Kier alpha value is -2.71. The van der Waals surface area contributed by atoms with Crippen molar-refractivity contribution in [2.24, 2.45) is 4.99 Å². The molecule has 0 saturated heterocycles. The van der Waals surface area contributed by atoms with Crippen molar-refractivity contribution in [3.05, 3.63) is 65.0 Å². The second-order valence-corrected chi connectivity index (χ2v) is 9.55. The van der Waals surface area contributed by atoms with Gasteiger partial charge in [0.05, 0.1) is 11.4 Å². The fraction of sp³-hybridized carbons (Fsp3) is 0.200. The van der Waals surface area contributed by atoms with E-state index in [2.05, 4.69) is 35.2 Å². The topological polar surface area (TPSA) is 41.5 Å². The number of fused-ring (bicyclic) bond motifs is 1. The molecule has 25 heavy (non-hydrogen) atoms. The molecule has 0 radical (unpaired) electrons. The van der Waals surface area contributed by atoms with Crippen LogP contribution in [-0.4, -0.2) is 27.0 Å². The van der Waals surface area contributed by atoms with Gasteiger partial charge >= 0.3 is 0 Å². The van der Waals surface area contributed by atoms with Crippen molar-refractivity contribution in [1.82, 2.24) is 0 Å². The normalized spacial score (nSPS) is 13.3. The van der Waals surface area contributed by atoms with Crippen molar-refractivity contribution in [3.63, 3.8) is 0 Å². The number of carbonyl (C=O) groups excluding carboxylic acids is 1. The first-order valence-electron chi connectivity index (χ1n) is 8.27. The van der Waals surface area contributed by atoms with Crippen LogP contribution in [0.2, 0.25) is 19.1 Å². The first-order valence-corrected chi connectivity index (χ1v) is 11.4. The number of benzene rings is 2. The fourth-order valence-corrected chi connectivity index (χ4v) is 3.10. The third-order valence-electron chi connectivity index (χ3n) is 3.80. The number of halogens is 1. The van der Waals surface area contributed by atoms with E-state index in [0.29, 0.717) is 22.5 Å². The van der Waals surface area contributed by atoms with E-state index in [-0.39, 0.29) is 18.3 Å². The molecule has 0 aliphatic carbocycles. The van der Waals surface area contributed by atoms with Gasteiger partial charge < -0.3 is 5.32 Å². The molecule has 1 aliphatic heterocycles. The maximum absolute atomic E-state index is 14.3. The number of rotatable bonds is 2. The van der Waals surface area contributed by atoms with Gasteiger partial charge in [-0.3, -0.25) is 9.79 Å². The highest BCUT2D eigenvalue weighted by Crippen LogP contribution is 2.25. The molecule has 0 bridgehead atoms. The number of aliphatic imine (C=N–C) groups is 1. The summed E-state index contributed by atoms with van der Waals surface area (Å²) in [7, 11) is -0.724. The van der Waals surface area contributed by atoms with Crippen LogP contribution >= 0.6 is 0 Å². The van der Waals surface area contributed by atoms with Gasteiger partial charge in [-0.25, -0.2) is 4.39 Å². The molecule has 1 N–H and O–H groups in total. The van der Waals surface area contributed by atoms with Gasteiger partial charge in [-0.2, -0.15) is 0 Å². The van der Waals surface area contributed by atoms with Crippen molar-refractivity contribution < 1.29 is 9.18 Å². The van der Waals surface area contributed by atoms with Crippen molar-refractivity contribution >= 4 is 26.1 Å². The van der Waals surface area contributed by atoms with Crippen LogP contribution in [0.4, 0.5) is 10.1 Å². The van der Waals surface area contributed by atoms with E-state index in [9.17, 15) is 9.18 Å². The lowest BCUT2D eigenvalue weighted by Crippen LogP contribution is -2.13. The first kappa shape index (κ1) is 17.1. The largest absolute Gasteiger partial charge is 0.324 e. The molecule has 5 heteroatoms. The maximum Gasteiger partial charge on any atom is 0.246 e. The standard InChI is InChI=1S/C20H19FN2OSi/c1-25(2)11-5-6-14-9-10-18-16(12-14)20(22-13-19(24)23-18)15-7-3-4-8-17(15)21/h3-4,7-10,12,25H,11,13H2,1-2H3,(H,23,24). The highest BCUT2D eigenvalue weighted by atomic mass is 28.3. The van der Waals surface area contributed by atoms with E-state index in [1.165, 1.54) is 6.07 Å². The monoisotopic (exact) mass is 350 g/mol. The van der Waals surface area contributed by atoms with E-state index in [1.54, 1.807) is 18.2 Å². The van der Waals surface area contributed by atoms with Gasteiger partial charge in [0, 0.05) is 31.5 Å². The number of amides is 1. The van der Waals surface area contributed by atoms with E-state index < -0.39 is 8.80 Å². The van der Waals surface area contributed by atoms with Gasteiger partial charge in [-0.05, 0) is 30.3 Å². The van der Waals surface area contributed by atoms with Gasteiger partial charge in [-0.15, -0.1) is 5.92 Å². The van der Waals surface area contributed by atoms with Crippen LogP contribution in [0.1, 0.15) is 16.7 Å². The smallest absolute Gasteiger partial charge is 0.246 e. The zero-order chi connectivity index (χ0) is 17.8. The van der Waals surface area contributed by atoms with Crippen molar-refractivity contribution in [2.45, 2.75) is 19.1 Å². The Bertz CT molecular complexity index is 909. The zero-order valence-corrected chi connectivity index (χ0v) is 15.4. The summed E-state index contributed by atoms with van der Waals surface area (Å²) in [5.74, 6) is 5.81. The van der Waals surface area contributed by atoms with Crippen LogP contribution in [0.15, 0.2) is 47.5 Å². The van der Waals surface area contributed by atoms with E-state index >= 15 is 0 Å². The SMILES string of the molecule is C[SiH](C)CC#Cc1ccc2c(c1)C(c1ccccc1F)=NCC(=O)N2. The van der Waals surface area contributed by atoms with Crippen molar-refractivity contribution in [1.29, 1.82) is 0 Å². The summed E-state index contributed by atoms with van der Waals surface area (Å²) < 4.78 is 14.3. The van der Waals surface area contributed by atoms with Crippen molar-refractivity contribution in [2.75, 3.05) is 11.9 Å². The van der Waals surface area contributed by atoms with Gasteiger partial charge in [0.2, 0.25) is 5.91 Å². The predicted octanol–water partition coefficient (Wildman–Crippen LogP) is 3.45. The first-order chi connectivity index (χ1) is 12.0. The molecular formula is C20H19FN2OSi. The number of nitrogens with zero attached hydrogens (tertiary/aromatic N) is 1. The molecule has 1 amide bonds. The molecule has 126 valence electrons. The molecule has 0 unspecified atom stereocenters. The molecule has 0 saturated carbocycles. The minimum atomic E-state index is -0.724. The molecule has 3 nitrogen and oxygen atoms in total. The predicted molar refractivity (Wildman–Crippen MR) is 103 cm³/mol. The zero-order valence-electron chi connectivity index (χ0n) is 14.3. The molecule has 1 heterocycles. The third-order valence-corrected chi connectivity index (χ3v) is 4.82. The van der Waals surface area contributed by atoms with Crippen LogP contribution < -0.4 is 5.32 Å². The molecule has 0 fully saturated rings. The number of hydrogen-bond donors (Lipinski definition) is 1. The van der Waals surface area contributed by atoms with Crippen LogP contribution in [-0.2, 0) is 4.79 Å². The van der Waals surface area contributed by atoms with E-state index in [1.807, 2.05) is 18.2 Å². The second kappa shape index (κ2) is 7.45. The van der Waals surface area contributed by atoms with Gasteiger partial charge in [0.25, 0.3) is 0 Å². The number of benzodiazepines with no additional fused rings is 1. The summed E-state index contributed by atoms with van der Waals surface area (Å²) in [5.41, 5.74) is 3.04. The summed E-state index contributed by atoms with van der Waals surface area (Å²) >= 11 is 0. The lowest BCUT2D eigenvalue weighted by atomic mass is 9.98. The molecule has 0 aromatic heterocycles. The molecule has 0 atom stereocenters. The Balaban J connectivity index is 2.08. The Labute approximate surface area is 148 Å². The minimum Gasteiger partial charge on any atom is -0.324 e. The van der Waals surface area contributed by atoms with Gasteiger partial charge in [-0.1, -0.05) is 31.1 Å². The third kappa shape index (κ3) is 4.04. The Morgan fingerprint density at radius 2 is 2.00 bits per heavy atom. The van der Waals surface area contributed by atoms with Gasteiger partial charge in [0.1, 0.15) is 12.4 Å². The molecule has 1 aliphatic rings. The van der Waals surface area contributed by atoms with Crippen molar-refractivity contribution in [3.8, 4) is 11.8 Å². The number of carbonyl (C=O) groups is 1. The average molecular weight is 350 g/mol. The van der Waals surface area contributed by atoms with E-state index in [4.69, 9.17) is 0 Å². The fourth-order valence-electron chi connectivity index (χ4n) is 2.59. The summed E-state index contributed by atoms with van der Waals surface area (Å²) in [6.45, 7) is 4.48.